The molecule has 0 bridgehead atoms. The topological polar surface area (TPSA) is 58.6 Å². The number of nitrogens with one attached hydrogen (secondary N) is 1. The summed E-state index contributed by atoms with van der Waals surface area (Å²) in [5.74, 6) is -0.254. The van der Waals surface area contributed by atoms with Crippen LogP contribution in [0.4, 0.5) is 11.4 Å². The van der Waals surface area contributed by atoms with Crippen LogP contribution in [0, 0.1) is 13.8 Å². The van der Waals surface area contributed by atoms with Crippen molar-refractivity contribution in [2.45, 2.75) is 27.2 Å². The van der Waals surface area contributed by atoms with Gasteiger partial charge in [0.1, 0.15) is 11.4 Å². The Morgan fingerprint density at radius 3 is 2.24 bits per heavy atom. The maximum absolute atomic E-state index is 13.6. The van der Waals surface area contributed by atoms with Gasteiger partial charge in [0.25, 0.3) is 11.8 Å². The van der Waals surface area contributed by atoms with Crippen LogP contribution in [0.25, 0.3) is 5.57 Å². The first-order chi connectivity index (χ1) is 15.8. The van der Waals surface area contributed by atoms with Gasteiger partial charge in [-0.1, -0.05) is 48.9 Å². The molecule has 0 spiro atoms. The average Bonchev–Trinajstić information content (AvgIpc) is 3.05. The first-order valence-electron chi connectivity index (χ1n) is 10.7. The normalized spacial score (nSPS) is 13.7. The van der Waals surface area contributed by atoms with E-state index in [1.165, 1.54) is 12.0 Å². The third-order valence-electron chi connectivity index (χ3n) is 5.90. The standard InChI is InChI=1S/C27H25ClN2O3/c1-5-18-7-11-21(12-8-18)30-26(31)24(19-9-6-16(2)17(3)14-19)25(27(30)32)29-20-10-13-23(33-4)22(28)15-20/h6-15,29H,5H2,1-4H3. The predicted octanol–water partition coefficient (Wildman–Crippen LogP) is 5.92. The quantitative estimate of drug-likeness (QED) is 0.463. The van der Waals surface area contributed by atoms with Gasteiger partial charge in [-0.05, 0) is 72.9 Å². The number of nitrogens with zero attached hydrogens (tertiary/aromatic N) is 1. The second-order valence-electron chi connectivity index (χ2n) is 7.99. The summed E-state index contributed by atoms with van der Waals surface area (Å²) in [6, 6.07) is 18.4. The number of hydrogen-bond donors (Lipinski definition) is 1. The summed E-state index contributed by atoms with van der Waals surface area (Å²) < 4.78 is 5.22. The minimum absolute atomic E-state index is 0.212. The van der Waals surface area contributed by atoms with E-state index >= 15 is 0 Å². The van der Waals surface area contributed by atoms with Crippen LogP contribution < -0.4 is 15.0 Å². The Kier molecular flexibility index (Phi) is 6.25. The molecule has 0 aromatic heterocycles. The Hall–Kier alpha value is -3.57. The molecule has 0 saturated heterocycles. The van der Waals surface area contributed by atoms with Crippen molar-refractivity contribution in [3.05, 3.63) is 93.6 Å². The molecular weight excluding hydrogens is 436 g/mol. The highest BCUT2D eigenvalue weighted by Crippen LogP contribution is 2.35. The number of carbonyl (C=O) groups is 2. The summed E-state index contributed by atoms with van der Waals surface area (Å²) in [5, 5.41) is 3.55. The minimum atomic E-state index is -0.413. The van der Waals surface area contributed by atoms with E-state index < -0.39 is 5.91 Å². The average molecular weight is 461 g/mol. The molecule has 0 radical (unpaired) electrons. The second-order valence-corrected chi connectivity index (χ2v) is 8.40. The number of methoxy groups -OCH3 is 1. The summed E-state index contributed by atoms with van der Waals surface area (Å²) >= 11 is 6.28. The number of rotatable bonds is 6. The molecule has 33 heavy (non-hydrogen) atoms. The summed E-state index contributed by atoms with van der Waals surface area (Å²) in [6.45, 7) is 6.05. The zero-order valence-electron chi connectivity index (χ0n) is 19.0. The lowest BCUT2D eigenvalue weighted by Gasteiger charge is -2.16. The smallest absolute Gasteiger partial charge is 0.282 e. The lowest BCUT2D eigenvalue weighted by atomic mass is 9.99. The van der Waals surface area contributed by atoms with Gasteiger partial charge < -0.3 is 10.1 Å². The van der Waals surface area contributed by atoms with Crippen molar-refractivity contribution in [2.75, 3.05) is 17.3 Å². The fraction of sp³-hybridized carbons (Fsp3) is 0.185. The zero-order valence-corrected chi connectivity index (χ0v) is 19.8. The number of aryl methyl sites for hydroxylation is 3. The van der Waals surface area contributed by atoms with Crippen LogP contribution in [0.1, 0.15) is 29.2 Å². The highest BCUT2D eigenvalue weighted by molar-refractivity contribution is 6.46. The molecule has 0 unspecified atom stereocenters. The van der Waals surface area contributed by atoms with Gasteiger partial charge in [0, 0.05) is 5.69 Å². The third-order valence-corrected chi connectivity index (χ3v) is 6.20. The molecule has 6 heteroatoms. The number of ether oxygens (including phenoxy) is 1. The van der Waals surface area contributed by atoms with Crippen molar-refractivity contribution in [1.82, 2.24) is 0 Å². The van der Waals surface area contributed by atoms with Crippen LogP contribution in [0.15, 0.2) is 66.4 Å². The molecule has 3 aromatic carbocycles. The first-order valence-corrected chi connectivity index (χ1v) is 11.1. The number of halogens is 1. The van der Waals surface area contributed by atoms with E-state index in [2.05, 4.69) is 12.2 Å². The van der Waals surface area contributed by atoms with E-state index in [0.29, 0.717) is 33.3 Å². The van der Waals surface area contributed by atoms with Crippen molar-refractivity contribution in [2.24, 2.45) is 0 Å². The molecular formula is C27H25ClN2O3. The number of amides is 2. The van der Waals surface area contributed by atoms with Gasteiger partial charge in [-0.3, -0.25) is 9.59 Å². The summed E-state index contributed by atoms with van der Waals surface area (Å²) in [6.07, 6.45) is 0.874. The molecule has 0 aliphatic carbocycles. The Morgan fingerprint density at radius 2 is 1.64 bits per heavy atom. The van der Waals surface area contributed by atoms with Crippen molar-refractivity contribution in [1.29, 1.82) is 0 Å². The van der Waals surface area contributed by atoms with Gasteiger partial charge in [-0.2, -0.15) is 0 Å². The molecule has 4 rings (SSSR count). The number of hydrogen-bond acceptors (Lipinski definition) is 4. The van der Waals surface area contributed by atoms with Crippen molar-refractivity contribution >= 4 is 40.4 Å². The molecule has 1 aliphatic heterocycles. The molecule has 0 fully saturated rings. The monoisotopic (exact) mass is 460 g/mol. The van der Waals surface area contributed by atoms with E-state index in [4.69, 9.17) is 16.3 Å². The maximum atomic E-state index is 13.6. The fourth-order valence-electron chi connectivity index (χ4n) is 3.81. The molecule has 5 nitrogen and oxygen atoms in total. The largest absolute Gasteiger partial charge is 0.495 e. The summed E-state index contributed by atoms with van der Waals surface area (Å²) in [4.78, 5) is 28.4. The van der Waals surface area contributed by atoms with E-state index in [9.17, 15) is 9.59 Å². The van der Waals surface area contributed by atoms with Gasteiger partial charge in [0.05, 0.1) is 23.4 Å². The van der Waals surface area contributed by atoms with E-state index in [1.807, 2.05) is 44.2 Å². The minimum Gasteiger partial charge on any atom is -0.495 e. The van der Waals surface area contributed by atoms with Gasteiger partial charge in [-0.15, -0.1) is 0 Å². The molecule has 2 amide bonds. The third kappa shape index (κ3) is 4.24. The van der Waals surface area contributed by atoms with E-state index in [1.54, 1.807) is 30.3 Å². The molecule has 0 saturated carbocycles. The van der Waals surface area contributed by atoms with Gasteiger partial charge in [-0.25, -0.2) is 4.90 Å². The van der Waals surface area contributed by atoms with E-state index in [-0.39, 0.29) is 11.6 Å². The summed E-state index contributed by atoms with van der Waals surface area (Å²) in [7, 11) is 1.54. The van der Waals surface area contributed by atoms with Crippen molar-refractivity contribution in [3.63, 3.8) is 0 Å². The van der Waals surface area contributed by atoms with Gasteiger partial charge >= 0.3 is 0 Å². The van der Waals surface area contributed by atoms with Crippen molar-refractivity contribution < 1.29 is 14.3 Å². The molecule has 3 aromatic rings. The number of imide groups is 1. The highest BCUT2D eigenvalue weighted by atomic mass is 35.5. The van der Waals surface area contributed by atoms with Crippen molar-refractivity contribution in [3.8, 4) is 5.75 Å². The first kappa shape index (κ1) is 22.6. The maximum Gasteiger partial charge on any atom is 0.282 e. The van der Waals surface area contributed by atoms with Crippen LogP contribution in [-0.2, 0) is 16.0 Å². The number of carbonyl (C=O) groups excluding carboxylic acids is 2. The summed E-state index contributed by atoms with van der Waals surface area (Å²) in [5.41, 5.74) is 5.63. The highest BCUT2D eigenvalue weighted by Gasteiger charge is 2.40. The molecule has 0 atom stereocenters. The Balaban J connectivity index is 1.81. The molecule has 1 aliphatic rings. The van der Waals surface area contributed by atoms with Crippen LogP contribution >= 0.6 is 11.6 Å². The van der Waals surface area contributed by atoms with Crippen LogP contribution in [0.3, 0.4) is 0 Å². The number of benzene rings is 3. The Bertz CT molecular complexity index is 1280. The lowest BCUT2D eigenvalue weighted by molar-refractivity contribution is -0.120. The predicted molar refractivity (Wildman–Crippen MR) is 133 cm³/mol. The number of anilines is 2. The molecule has 1 heterocycles. The molecule has 1 N–H and O–H groups in total. The lowest BCUT2D eigenvalue weighted by Crippen LogP contribution is -2.32. The zero-order chi connectivity index (χ0) is 23.7. The molecule has 168 valence electrons. The SMILES string of the molecule is CCc1ccc(N2C(=O)C(Nc3ccc(OC)c(Cl)c3)=C(c3ccc(C)c(C)c3)C2=O)cc1. The Labute approximate surface area is 198 Å². The van der Waals surface area contributed by atoms with E-state index in [0.717, 1.165) is 23.1 Å². The fourth-order valence-corrected chi connectivity index (χ4v) is 4.07. The van der Waals surface area contributed by atoms with Crippen LogP contribution in [0.2, 0.25) is 5.02 Å². The second kappa shape index (κ2) is 9.12. The van der Waals surface area contributed by atoms with Crippen LogP contribution in [-0.4, -0.2) is 18.9 Å². The Morgan fingerprint density at radius 1 is 0.909 bits per heavy atom. The van der Waals surface area contributed by atoms with Gasteiger partial charge in [0.2, 0.25) is 0 Å². The van der Waals surface area contributed by atoms with Crippen LogP contribution in [0.5, 0.6) is 5.75 Å². The van der Waals surface area contributed by atoms with Gasteiger partial charge in [0.15, 0.2) is 0 Å².